The molecular formula is C23H25N5O2. The molecule has 0 atom stereocenters. The summed E-state index contributed by atoms with van der Waals surface area (Å²) in [7, 11) is 0. The number of hydrogen-bond donors (Lipinski definition) is 2. The van der Waals surface area contributed by atoms with Crippen molar-refractivity contribution in [1.82, 2.24) is 20.1 Å². The van der Waals surface area contributed by atoms with Gasteiger partial charge < -0.3 is 10.2 Å². The maximum Gasteiger partial charge on any atom is 0.271 e. The average molecular weight is 403 g/mol. The Morgan fingerprint density at radius 1 is 1.07 bits per heavy atom. The van der Waals surface area contributed by atoms with E-state index in [0.29, 0.717) is 37.3 Å². The van der Waals surface area contributed by atoms with Gasteiger partial charge in [-0.3, -0.25) is 19.7 Å². The van der Waals surface area contributed by atoms with Gasteiger partial charge >= 0.3 is 0 Å². The normalized spacial score (nSPS) is 14.5. The number of benzene rings is 1. The molecule has 1 aromatic carbocycles. The Kier molecular flexibility index (Phi) is 5.61. The van der Waals surface area contributed by atoms with Gasteiger partial charge in [0, 0.05) is 30.9 Å². The third-order valence-corrected chi connectivity index (χ3v) is 5.75. The van der Waals surface area contributed by atoms with Gasteiger partial charge in [0.2, 0.25) is 5.91 Å². The first-order valence-electron chi connectivity index (χ1n) is 10.2. The van der Waals surface area contributed by atoms with E-state index in [9.17, 15) is 9.59 Å². The maximum atomic E-state index is 12.8. The number of piperidine rings is 1. The summed E-state index contributed by atoms with van der Waals surface area (Å²) >= 11 is 0. The highest BCUT2D eigenvalue weighted by molar-refractivity contribution is 5.95. The number of aromatic amines is 1. The summed E-state index contributed by atoms with van der Waals surface area (Å²) in [6.45, 7) is 5.13. The van der Waals surface area contributed by atoms with Crippen molar-refractivity contribution in [3.8, 4) is 11.4 Å². The van der Waals surface area contributed by atoms with E-state index in [1.807, 2.05) is 50.2 Å². The summed E-state index contributed by atoms with van der Waals surface area (Å²) < 4.78 is 0. The zero-order chi connectivity index (χ0) is 21.1. The lowest BCUT2D eigenvalue weighted by molar-refractivity contribution is -0.121. The van der Waals surface area contributed by atoms with Gasteiger partial charge in [-0.15, -0.1) is 0 Å². The molecule has 0 radical (unpaired) electrons. The monoisotopic (exact) mass is 403 g/mol. The predicted octanol–water partition coefficient (Wildman–Crippen LogP) is 3.58. The Labute approximate surface area is 175 Å². The minimum absolute atomic E-state index is 0.0229. The van der Waals surface area contributed by atoms with E-state index in [1.165, 1.54) is 0 Å². The van der Waals surface area contributed by atoms with Crippen molar-refractivity contribution >= 4 is 17.5 Å². The van der Waals surface area contributed by atoms with Crippen molar-refractivity contribution in [2.75, 3.05) is 18.4 Å². The van der Waals surface area contributed by atoms with E-state index in [2.05, 4.69) is 20.5 Å². The molecule has 0 unspecified atom stereocenters. The quantitative estimate of drug-likeness (QED) is 0.697. The highest BCUT2D eigenvalue weighted by Gasteiger charge is 2.29. The van der Waals surface area contributed by atoms with Gasteiger partial charge in [-0.25, -0.2) is 0 Å². The van der Waals surface area contributed by atoms with Crippen LogP contribution in [0.2, 0.25) is 0 Å². The Morgan fingerprint density at radius 3 is 2.60 bits per heavy atom. The minimum Gasteiger partial charge on any atom is -0.337 e. The fourth-order valence-corrected chi connectivity index (χ4v) is 3.71. The van der Waals surface area contributed by atoms with E-state index < -0.39 is 0 Å². The number of nitrogens with one attached hydrogen (secondary N) is 2. The number of hydrogen-bond acceptors (Lipinski definition) is 4. The molecule has 2 N–H and O–H groups in total. The van der Waals surface area contributed by atoms with E-state index in [1.54, 1.807) is 17.2 Å². The van der Waals surface area contributed by atoms with Crippen LogP contribution in [0.15, 0.2) is 48.7 Å². The second-order valence-corrected chi connectivity index (χ2v) is 7.69. The van der Waals surface area contributed by atoms with Crippen LogP contribution in [0.25, 0.3) is 11.4 Å². The van der Waals surface area contributed by atoms with Crippen LogP contribution >= 0.6 is 0 Å². The van der Waals surface area contributed by atoms with Crippen molar-refractivity contribution in [2.24, 2.45) is 5.92 Å². The summed E-state index contributed by atoms with van der Waals surface area (Å²) in [5.74, 6) is -0.173. The molecule has 30 heavy (non-hydrogen) atoms. The van der Waals surface area contributed by atoms with Gasteiger partial charge in [-0.2, -0.15) is 5.10 Å². The fraction of sp³-hybridized carbons (Fsp3) is 0.304. The zero-order valence-corrected chi connectivity index (χ0v) is 17.2. The SMILES string of the molecule is Cc1cccc(NC(=O)C2CCN(C(=O)c3cc(-c4ccccn4)n[nH]3)CC2)c1C. The van der Waals surface area contributed by atoms with Crippen molar-refractivity contribution in [2.45, 2.75) is 26.7 Å². The molecule has 0 bridgehead atoms. The summed E-state index contributed by atoms with van der Waals surface area (Å²) in [4.78, 5) is 31.6. The summed E-state index contributed by atoms with van der Waals surface area (Å²) in [6, 6.07) is 13.2. The molecule has 1 aliphatic heterocycles. The Hall–Kier alpha value is -3.48. The molecule has 7 nitrogen and oxygen atoms in total. The van der Waals surface area contributed by atoms with E-state index in [0.717, 1.165) is 22.5 Å². The lowest BCUT2D eigenvalue weighted by Crippen LogP contribution is -2.41. The predicted molar refractivity (Wildman–Crippen MR) is 115 cm³/mol. The van der Waals surface area contributed by atoms with E-state index in [4.69, 9.17) is 0 Å². The van der Waals surface area contributed by atoms with Crippen molar-refractivity contribution in [1.29, 1.82) is 0 Å². The first-order chi connectivity index (χ1) is 14.5. The van der Waals surface area contributed by atoms with Crippen LogP contribution < -0.4 is 5.32 Å². The lowest BCUT2D eigenvalue weighted by Gasteiger charge is -2.31. The van der Waals surface area contributed by atoms with Crippen molar-refractivity contribution < 1.29 is 9.59 Å². The van der Waals surface area contributed by atoms with Crippen LogP contribution in [0.4, 0.5) is 5.69 Å². The van der Waals surface area contributed by atoms with Gasteiger partial charge in [0.25, 0.3) is 5.91 Å². The smallest absolute Gasteiger partial charge is 0.271 e. The molecule has 1 aliphatic rings. The number of likely N-dealkylation sites (tertiary alicyclic amines) is 1. The number of rotatable bonds is 4. The minimum atomic E-state index is -0.0990. The molecule has 1 saturated heterocycles. The van der Waals surface area contributed by atoms with Gasteiger partial charge in [0.15, 0.2) is 0 Å². The molecule has 4 rings (SSSR count). The van der Waals surface area contributed by atoms with Crippen LogP contribution in [0.3, 0.4) is 0 Å². The highest BCUT2D eigenvalue weighted by Crippen LogP contribution is 2.24. The number of anilines is 1. The number of aryl methyl sites for hydroxylation is 1. The van der Waals surface area contributed by atoms with E-state index in [-0.39, 0.29) is 17.7 Å². The maximum absolute atomic E-state index is 12.8. The van der Waals surface area contributed by atoms with Crippen molar-refractivity contribution in [3.63, 3.8) is 0 Å². The molecule has 0 aliphatic carbocycles. The summed E-state index contributed by atoms with van der Waals surface area (Å²) in [5, 5.41) is 10.1. The molecule has 3 aromatic rings. The van der Waals surface area contributed by atoms with Crippen LogP contribution in [-0.2, 0) is 4.79 Å². The Morgan fingerprint density at radius 2 is 1.87 bits per heavy atom. The summed E-state index contributed by atoms with van der Waals surface area (Å²) in [6.07, 6.45) is 2.98. The molecular weight excluding hydrogens is 378 g/mol. The van der Waals surface area contributed by atoms with E-state index >= 15 is 0 Å². The van der Waals surface area contributed by atoms with Gasteiger partial charge in [-0.05, 0) is 62.1 Å². The number of carbonyl (C=O) groups is 2. The second kappa shape index (κ2) is 8.49. The average Bonchev–Trinajstić information content (AvgIpc) is 3.27. The first kappa shape index (κ1) is 19.8. The zero-order valence-electron chi connectivity index (χ0n) is 17.2. The third-order valence-electron chi connectivity index (χ3n) is 5.75. The van der Waals surface area contributed by atoms with Crippen LogP contribution in [0.1, 0.15) is 34.5 Å². The number of nitrogens with zero attached hydrogens (tertiary/aromatic N) is 3. The number of pyridine rings is 1. The Balaban J connectivity index is 1.35. The van der Waals surface area contributed by atoms with Gasteiger partial charge in [-0.1, -0.05) is 18.2 Å². The molecule has 7 heteroatoms. The van der Waals surface area contributed by atoms with Gasteiger partial charge in [0.05, 0.1) is 5.69 Å². The number of amides is 2. The standard InChI is InChI=1S/C23H25N5O2/c1-15-6-5-8-18(16(15)2)25-22(29)17-9-12-28(13-10-17)23(30)21-14-20(26-27-21)19-7-3-4-11-24-19/h3-8,11,14,17H,9-10,12-13H2,1-2H3,(H,25,29)(H,26,27). The highest BCUT2D eigenvalue weighted by atomic mass is 16.2. The number of H-pyrrole nitrogens is 1. The second-order valence-electron chi connectivity index (χ2n) is 7.69. The number of aromatic nitrogens is 3. The molecule has 2 aromatic heterocycles. The molecule has 1 fully saturated rings. The molecule has 2 amide bonds. The topological polar surface area (TPSA) is 91.0 Å². The fourth-order valence-electron chi connectivity index (χ4n) is 3.71. The largest absolute Gasteiger partial charge is 0.337 e. The molecule has 0 spiro atoms. The summed E-state index contributed by atoms with van der Waals surface area (Å²) in [5.41, 5.74) is 4.89. The number of carbonyl (C=O) groups excluding carboxylic acids is 2. The molecule has 3 heterocycles. The van der Waals surface area contributed by atoms with Crippen LogP contribution in [-0.4, -0.2) is 45.0 Å². The van der Waals surface area contributed by atoms with Crippen LogP contribution in [0, 0.1) is 19.8 Å². The van der Waals surface area contributed by atoms with Crippen LogP contribution in [0.5, 0.6) is 0 Å². The third kappa shape index (κ3) is 4.10. The Bertz CT molecular complexity index is 1050. The lowest BCUT2D eigenvalue weighted by atomic mass is 9.95. The van der Waals surface area contributed by atoms with Gasteiger partial charge in [0.1, 0.15) is 11.4 Å². The van der Waals surface area contributed by atoms with Crippen molar-refractivity contribution in [3.05, 3.63) is 65.5 Å². The first-order valence-corrected chi connectivity index (χ1v) is 10.2. The molecule has 154 valence electrons. The molecule has 0 saturated carbocycles.